The van der Waals surface area contributed by atoms with Crippen molar-refractivity contribution in [1.29, 1.82) is 0 Å². The van der Waals surface area contributed by atoms with Gasteiger partial charge < -0.3 is 15.0 Å². The first kappa shape index (κ1) is 18.0. The molecule has 5 nitrogen and oxygen atoms in total. The van der Waals surface area contributed by atoms with E-state index >= 15 is 0 Å². The van der Waals surface area contributed by atoms with Crippen molar-refractivity contribution in [2.45, 2.75) is 33.1 Å². The molecule has 0 aromatic heterocycles. The highest BCUT2D eigenvalue weighted by Gasteiger charge is 2.12. The topological polar surface area (TPSA) is 58.6 Å². The molecule has 0 heterocycles. The van der Waals surface area contributed by atoms with Crippen LogP contribution in [0.2, 0.25) is 0 Å². The quantitative estimate of drug-likeness (QED) is 0.713. The van der Waals surface area contributed by atoms with Gasteiger partial charge in [-0.1, -0.05) is 25.5 Å². The van der Waals surface area contributed by atoms with Gasteiger partial charge >= 0.3 is 5.97 Å². The van der Waals surface area contributed by atoms with E-state index in [9.17, 15) is 9.59 Å². The molecule has 1 aromatic carbocycles. The van der Waals surface area contributed by atoms with Gasteiger partial charge in [-0.15, -0.1) is 0 Å². The van der Waals surface area contributed by atoms with Gasteiger partial charge in [-0.2, -0.15) is 0 Å². The number of hydrogen-bond acceptors (Lipinski definition) is 4. The third-order valence-electron chi connectivity index (χ3n) is 3.35. The van der Waals surface area contributed by atoms with Crippen LogP contribution >= 0.6 is 0 Å². The fourth-order valence-corrected chi connectivity index (χ4v) is 2.04. The normalized spacial score (nSPS) is 10.1. The van der Waals surface area contributed by atoms with E-state index < -0.39 is 0 Å². The zero-order valence-electron chi connectivity index (χ0n) is 13.7. The van der Waals surface area contributed by atoms with E-state index in [0.717, 1.165) is 19.4 Å². The van der Waals surface area contributed by atoms with Crippen LogP contribution < -0.4 is 5.32 Å². The maximum atomic E-state index is 12.0. The Hall–Kier alpha value is -2.04. The smallest absolute Gasteiger partial charge is 0.340 e. The predicted molar refractivity (Wildman–Crippen MR) is 88.1 cm³/mol. The molecular weight excluding hydrogens is 280 g/mol. The Morgan fingerprint density at radius 1 is 1.23 bits per heavy atom. The van der Waals surface area contributed by atoms with Gasteiger partial charge in [0.1, 0.15) is 0 Å². The number of amides is 1. The summed E-state index contributed by atoms with van der Waals surface area (Å²) in [5, 5.41) is 3.15. The minimum atomic E-state index is -0.350. The van der Waals surface area contributed by atoms with Crippen LogP contribution in [0.4, 0.5) is 5.69 Å². The number of nitrogens with zero attached hydrogens (tertiary/aromatic N) is 1. The Labute approximate surface area is 132 Å². The molecule has 1 amide bonds. The molecule has 0 fully saturated rings. The van der Waals surface area contributed by atoms with E-state index in [1.54, 1.807) is 24.0 Å². The highest BCUT2D eigenvalue weighted by atomic mass is 16.5. The minimum Gasteiger partial charge on any atom is -0.462 e. The van der Waals surface area contributed by atoms with Crippen LogP contribution in [0.3, 0.4) is 0 Å². The number of esters is 1. The predicted octanol–water partition coefficient (Wildman–Crippen LogP) is 2.92. The van der Waals surface area contributed by atoms with Gasteiger partial charge in [0.05, 0.1) is 12.2 Å². The summed E-state index contributed by atoms with van der Waals surface area (Å²) in [6.07, 6.45) is 2.49. The number of benzene rings is 1. The second-order valence-corrected chi connectivity index (χ2v) is 5.11. The summed E-state index contributed by atoms with van der Waals surface area (Å²) in [5.41, 5.74) is 1.20. The lowest BCUT2D eigenvalue weighted by atomic mass is 10.1. The summed E-state index contributed by atoms with van der Waals surface area (Å²) in [7, 11) is 1.82. The van der Waals surface area contributed by atoms with Crippen LogP contribution in [0.5, 0.6) is 0 Å². The Morgan fingerprint density at radius 2 is 1.95 bits per heavy atom. The van der Waals surface area contributed by atoms with E-state index in [2.05, 4.69) is 12.2 Å². The van der Waals surface area contributed by atoms with E-state index in [1.807, 2.05) is 19.2 Å². The lowest BCUT2D eigenvalue weighted by Crippen LogP contribution is -2.29. The van der Waals surface area contributed by atoms with Gasteiger partial charge in [-0.25, -0.2) is 4.79 Å². The number of carbonyl (C=O) groups excluding carboxylic acids is 2. The van der Waals surface area contributed by atoms with Gasteiger partial charge in [-0.05, 0) is 25.5 Å². The molecule has 0 unspecified atom stereocenters. The number of rotatable bonds is 9. The molecular formula is C17H26N2O3. The Bertz CT molecular complexity index is 489. The third kappa shape index (κ3) is 5.76. The Balaban J connectivity index is 2.51. The fraction of sp³-hybridized carbons (Fsp3) is 0.529. The average molecular weight is 306 g/mol. The summed E-state index contributed by atoms with van der Waals surface area (Å²) < 4.78 is 5.02. The number of unbranched alkanes of at least 4 members (excludes halogenated alkanes) is 1. The van der Waals surface area contributed by atoms with Crippen LogP contribution in [0.15, 0.2) is 24.3 Å². The van der Waals surface area contributed by atoms with Gasteiger partial charge in [0, 0.05) is 32.2 Å². The molecule has 0 spiro atoms. The number of ether oxygens (including phenoxy) is 1. The molecule has 0 aliphatic heterocycles. The highest BCUT2D eigenvalue weighted by Crippen LogP contribution is 2.16. The number of para-hydroxylation sites is 1. The largest absolute Gasteiger partial charge is 0.462 e. The number of nitrogens with one attached hydrogen (secondary N) is 1. The molecule has 1 N–H and O–H groups in total. The second-order valence-electron chi connectivity index (χ2n) is 5.11. The zero-order chi connectivity index (χ0) is 16.4. The van der Waals surface area contributed by atoms with Crippen molar-refractivity contribution < 1.29 is 14.3 Å². The minimum absolute atomic E-state index is 0.106. The highest BCUT2D eigenvalue weighted by molar-refractivity contribution is 5.95. The fourth-order valence-electron chi connectivity index (χ4n) is 2.04. The van der Waals surface area contributed by atoms with E-state index in [4.69, 9.17) is 4.74 Å². The molecule has 1 aromatic rings. The molecule has 0 atom stereocenters. The van der Waals surface area contributed by atoms with Crippen LogP contribution in [-0.4, -0.2) is 43.5 Å². The molecule has 22 heavy (non-hydrogen) atoms. The van der Waals surface area contributed by atoms with Crippen molar-refractivity contribution in [1.82, 2.24) is 4.90 Å². The van der Waals surface area contributed by atoms with Gasteiger partial charge in [0.15, 0.2) is 0 Å². The Morgan fingerprint density at radius 3 is 2.64 bits per heavy atom. The maximum Gasteiger partial charge on any atom is 0.340 e. The lowest BCUT2D eigenvalue weighted by Gasteiger charge is -2.17. The maximum absolute atomic E-state index is 12.0. The zero-order valence-corrected chi connectivity index (χ0v) is 13.7. The van der Waals surface area contributed by atoms with Crippen molar-refractivity contribution in [3.05, 3.63) is 29.8 Å². The Kier molecular flexibility index (Phi) is 8.04. The first-order valence-corrected chi connectivity index (χ1v) is 7.84. The van der Waals surface area contributed by atoms with E-state index in [0.29, 0.717) is 30.8 Å². The SMILES string of the molecule is CCCCN(C)C(=O)CCNc1ccccc1C(=O)OCC. The van der Waals surface area contributed by atoms with Crippen LogP contribution in [0, 0.1) is 0 Å². The van der Waals surface area contributed by atoms with Gasteiger partial charge in [0.2, 0.25) is 5.91 Å². The molecule has 0 radical (unpaired) electrons. The van der Waals surface area contributed by atoms with Crippen LogP contribution in [0.1, 0.15) is 43.5 Å². The van der Waals surface area contributed by atoms with Crippen molar-refractivity contribution in [2.75, 3.05) is 32.1 Å². The molecule has 0 bridgehead atoms. The summed E-state index contributed by atoms with van der Waals surface area (Å²) in [5.74, 6) is -0.244. The van der Waals surface area contributed by atoms with E-state index in [1.165, 1.54) is 0 Å². The van der Waals surface area contributed by atoms with Crippen molar-refractivity contribution in [3.8, 4) is 0 Å². The molecule has 0 aliphatic rings. The van der Waals surface area contributed by atoms with Crippen molar-refractivity contribution >= 4 is 17.6 Å². The van der Waals surface area contributed by atoms with Crippen molar-refractivity contribution in [2.24, 2.45) is 0 Å². The monoisotopic (exact) mass is 306 g/mol. The molecule has 122 valence electrons. The summed E-state index contributed by atoms with van der Waals surface area (Å²) in [6, 6.07) is 7.18. The number of hydrogen-bond donors (Lipinski definition) is 1. The van der Waals surface area contributed by atoms with Gasteiger partial charge in [-0.3, -0.25) is 4.79 Å². The molecule has 0 saturated heterocycles. The third-order valence-corrected chi connectivity index (χ3v) is 3.35. The van der Waals surface area contributed by atoms with Gasteiger partial charge in [0.25, 0.3) is 0 Å². The summed E-state index contributed by atoms with van der Waals surface area (Å²) >= 11 is 0. The molecule has 1 rings (SSSR count). The number of carbonyl (C=O) groups is 2. The average Bonchev–Trinajstić information content (AvgIpc) is 2.53. The first-order valence-electron chi connectivity index (χ1n) is 7.84. The van der Waals surface area contributed by atoms with Crippen LogP contribution in [-0.2, 0) is 9.53 Å². The van der Waals surface area contributed by atoms with Crippen molar-refractivity contribution in [3.63, 3.8) is 0 Å². The summed E-state index contributed by atoms with van der Waals surface area (Å²) in [4.78, 5) is 25.6. The molecule has 0 saturated carbocycles. The summed E-state index contributed by atoms with van der Waals surface area (Å²) in [6.45, 7) is 5.50. The molecule has 5 heteroatoms. The van der Waals surface area contributed by atoms with Crippen LogP contribution in [0.25, 0.3) is 0 Å². The van der Waals surface area contributed by atoms with E-state index in [-0.39, 0.29) is 11.9 Å². The number of anilines is 1. The molecule has 0 aliphatic carbocycles. The second kappa shape index (κ2) is 9.82. The first-order chi connectivity index (χ1) is 10.6. The lowest BCUT2D eigenvalue weighted by molar-refractivity contribution is -0.129. The standard InChI is InChI=1S/C17H26N2O3/c1-4-6-13-19(3)16(20)11-12-18-15-10-8-7-9-14(15)17(21)22-5-2/h7-10,18H,4-6,11-13H2,1-3H3.